The van der Waals surface area contributed by atoms with Gasteiger partial charge in [-0.1, -0.05) is 18.2 Å². The van der Waals surface area contributed by atoms with E-state index in [1.54, 1.807) is 16.5 Å². The third-order valence-electron chi connectivity index (χ3n) is 4.43. The molecule has 3 rings (SSSR count). The van der Waals surface area contributed by atoms with Crippen molar-refractivity contribution < 1.29 is 9.59 Å². The van der Waals surface area contributed by atoms with Crippen molar-refractivity contribution in [2.24, 2.45) is 0 Å². The number of aryl methyl sites for hydroxylation is 1. The molecule has 3 amide bonds. The first-order valence-corrected chi connectivity index (χ1v) is 8.49. The molecule has 1 aromatic heterocycles. The number of urea groups is 1. The van der Waals surface area contributed by atoms with Crippen molar-refractivity contribution in [1.82, 2.24) is 25.3 Å². The first kappa shape index (κ1) is 17.0. The van der Waals surface area contributed by atoms with E-state index in [2.05, 4.69) is 15.7 Å². The zero-order valence-corrected chi connectivity index (χ0v) is 14.5. The molecule has 1 aliphatic rings. The Hall–Kier alpha value is -2.83. The van der Waals surface area contributed by atoms with E-state index in [-0.39, 0.29) is 11.9 Å². The van der Waals surface area contributed by atoms with Gasteiger partial charge in [0.05, 0.1) is 11.4 Å². The second-order valence-corrected chi connectivity index (χ2v) is 6.19. The van der Waals surface area contributed by atoms with Crippen molar-refractivity contribution in [2.75, 3.05) is 13.1 Å². The maximum absolute atomic E-state index is 12.5. The molecule has 1 saturated heterocycles. The molecule has 7 nitrogen and oxygen atoms in total. The van der Waals surface area contributed by atoms with Gasteiger partial charge in [-0.2, -0.15) is 5.10 Å². The van der Waals surface area contributed by atoms with Crippen LogP contribution in [0.5, 0.6) is 0 Å². The number of amides is 3. The van der Waals surface area contributed by atoms with Crippen LogP contribution in [-0.2, 0) is 11.3 Å². The summed E-state index contributed by atoms with van der Waals surface area (Å²) in [5.41, 5.74) is 2.79. The molecule has 1 aliphatic heterocycles. The Labute approximate surface area is 147 Å². The van der Waals surface area contributed by atoms with Crippen molar-refractivity contribution in [3.63, 3.8) is 0 Å². The molecular formula is C18H23N5O2. The van der Waals surface area contributed by atoms with E-state index in [0.717, 1.165) is 23.4 Å². The van der Waals surface area contributed by atoms with E-state index >= 15 is 0 Å². The third-order valence-corrected chi connectivity index (χ3v) is 4.43. The van der Waals surface area contributed by atoms with E-state index in [1.807, 2.05) is 43.5 Å². The summed E-state index contributed by atoms with van der Waals surface area (Å²) in [5.74, 6) is -0.110. The van der Waals surface area contributed by atoms with Crippen molar-refractivity contribution in [2.45, 2.75) is 32.9 Å². The molecule has 2 N–H and O–H groups in total. The average molecular weight is 341 g/mol. The van der Waals surface area contributed by atoms with Crippen LogP contribution in [0.1, 0.15) is 24.6 Å². The lowest BCUT2D eigenvalue weighted by Gasteiger charge is -2.25. The molecule has 1 atom stereocenters. The van der Waals surface area contributed by atoms with Gasteiger partial charge >= 0.3 is 6.03 Å². The summed E-state index contributed by atoms with van der Waals surface area (Å²) in [6, 6.07) is 9.14. The Balaban J connectivity index is 1.66. The smallest absolute Gasteiger partial charge is 0.318 e. The molecule has 0 spiro atoms. The van der Waals surface area contributed by atoms with E-state index in [4.69, 9.17) is 0 Å². The normalized spacial score (nSPS) is 17.8. The zero-order valence-electron chi connectivity index (χ0n) is 14.5. The van der Waals surface area contributed by atoms with E-state index in [0.29, 0.717) is 19.6 Å². The SMILES string of the molecule is Cc1nn(-c2ccccc2)cc1CNC(=O)N1CCCNC(=O)C1C. The van der Waals surface area contributed by atoms with E-state index in [9.17, 15) is 9.59 Å². The number of rotatable bonds is 3. The molecule has 132 valence electrons. The zero-order chi connectivity index (χ0) is 17.8. The van der Waals surface area contributed by atoms with Gasteiger partial charge in [-0.05, 0) is 32.4 Å². The highest BCUT2D eigenvalue weighted by Crippen LogP contribution is 2.12. The van der Waals surface area contributed by atoms with Gasteiger partial charge in [-0.15, -0.1) is 0 Å². The summed E-state index contributed by atoms with van der Waals surface area (Å²) in [7, 11) is 0. The van der Waals surface area contributed by atoms with E-state index < -0.39 is 6.04 Å². The van der Waals surface area contributed by atoms with Gasteiger partial charge in [-0.25, -0.2) is 9.48 Å². The summed E-state index contributed by atoms with van der Waals surface area (Å²) in [6.07, 6.45) is 2.68. The third kappa shape index (κ3) is 3.81. The Morgan fingerprint density at radius 3 is 2.88 bits per heavy atom. The number of benzene rings is 1. The minimum absolute atomic E-state index is 0.110. The van der Waals surface area contributed by atoms with Gasteiger partial charge < -0.3 is 15.5 Å². The molecule has 25 heavy (non-hydrogen) atoms. The molecular weight excluding hydrogens is 318 g/mol. The fraction of sp³-hybridized carbons (Fsp3) is 0.389. The van der Waals surface area contributed by atoms with Crippen LogP contribution < -0.4 is 10.6 Å². The largest absolute Gasteiger partial charge is 0.354 e. The molecule has 0 radical (unpaired) electrons. The average Bonchev–Trinajstić information content (AvgIpc) is 2.91. The molecule has 0 aliphatic carbocycles. The lowest BCUT2D eigenvalue weighted by Crippen LogP contribution is -2.49. The lowest BCUT2D eigenvalue weighted by atomic mass is 10.2. The highest BCUT2D eigenvalue weighted by Gasteiger charge is 2.27. The van der Waals surface area contributed by atoms with Crippen molar-refractivity contribution in [1.29, 1.82) is 0 Å². The minimum atomic E-state index is -0.462. The van der Waals surface area contributed by atoms with Crippen LogP contribution >= 0.6 is 0 Å². The van der Waals surface area contributed by atoms with Crippen LogP contribution in [0.25, 0.3) is 5.69 Å². The van der Waals surface area contributed by atoms with Gasteiger partial charge in [0.15, 0.2) is 0 Å². The molecule has 2 aromatic rings. The molecule has 1 aromatic carbocycles. The monoisotopic (exact) mass is 341 g/mol. The Bertz CT molecular complexity index is 756. The Kier molecular flexibility index (Phi) is 5.02. The fourth-order valence-corrected chi connectivity index (χ4v) is 2.88. The molecule has 7 heteroatoms. The van der Waals surface area contributed by atoms with Crippen LogP contribution in [0.15, 0.2) is 36.5 Å². The quantitative estimate of drug-likeness (QED) is 0.890. The fourth-order valence-electron chi connectivity index (χ4n) is 2.88. The number of para-hydroxylation sites is 1. The summed E-state index contributed by atoms with van der Waals surface area (Å²) >= 11 is 0. The van der Waals surface area contributed by atoms with Gasteiger partial charge in [0.2, 0.25) is 5.91 Å². The second-order valence-electron chi connectivity index (χ2n) is 6.19. The minimum Gasteiger partial charge on any atom is -0.354 e. The number of aromatic nitrogens is 2. The van der Waals surface area contributed by atoms with Gasteiger partial charge in [0.25, 0.3) is 0 Å². The lowest BCUT2D eigenvalue weighted by molar-refractivity contribution is -0.124. The first-order chi connectivity index (χ1) is 12.1. The predicted molar refractivity (Wildman–Crippen MR) is 94.3 cm³/mol. The molecule has 0 saturated carbocycles. The van der Waals surface area contributed by atoms with Crippen LogP contribution in [-0.4, -0.2) is 45.8 Å². The van der Waals surface area contributed by atoms with Crippen LogP contribution in [0.2, 0.25) is 0 Å². The standard InChI is InChI=1S/C18H23N5O2/c1-13-15(12-23(21-13)16-7-4-3-5-8-16)11-20-18(25)22-10-6-9-19-17(24)14(22)2/h3-5,7-8,12,14H,6,9-11H2,1-2H3,(H,19,24)(H,20,25). The summed E-state index contributed by atoms with van der Waals surface area (Å²) in [5, 5.41) is 10.2. The van der Waals surface area contributed by atoms with E-state index in [1.165, 1.54) is 0 Å². The number of nitrogens with zero attached hydrogens (tertiary/aromatic N) is 3. The Morgan fingerprint density at radius 1 is 1.36 bits per heavy atom. The summed E-state index contributed by atoms with van der Waals surface area (Å²) < 4.78 is 1.80. The van der Waals surface area contributed by atoms with Crippen LogP contribution in [0, 0.1) is 6.92 Å². The summed E-state index contributed by atoms with van der Waals surface area (Å²) in [6.45, 7) is 5.22. The number of hydrogen-bond donors (Lipinski definition) is 2. The topological polar surface area (TPSA) is 79.3 Å². The van der Waals surface area contributed by atoms with Gasteiger partial charge in [0.1, 0.15) is 6.04 Å². The second kappa shape index (κ2) is 7.38. The Morgan fingerprint density at radius 2 is 2.12 bits per heavy atom. The number of carbonyl (C=O) groups excluding carboxylic acids is 2. The first-order valence-electron chi connectivity index (χ1n) is 8.49. The number of hydrogen-bond acceptors (Lipinski definition) is 3. The summed E-state index contributed by atoms with van der Waals surface area (Å²) in [4.78, 5) is 25.9. The maximum Gasteiger partial charge on any atom is 0.318 e. The number of carbonyl (C=O) groups is 2. The van der Waals surface area contributed by atoms with Crippen molar-refractivity contribution in [3.8, 4) is 5.69 Å². The van der Waals surface area contributed by atoms with Crippen LogP contribution in [0.3, 0.4) is 0 Å². The van der Waals surface area contributed by atoms with Gasteiger partial charge in [0, 0.05) is 31.4 Å². The predicted octanol–water partition coefficient (Wildman–Crippen LogP) is 1.60. The van der Waals surface area contributed by atoms with Crippen LogP contribution in [0.4, 0.5) is 4.79 Å². The molecule has 0 bridgehead atoms. The molecule has 2 heterocycles. The van der Waals surface area contributed by atoms with Crippen molar-refractivity contribution in [3.05, 3.63) is 47.8 Å². The highest BCUT2D eigenvalue weighted by molar-refractivity contribution is 5.87. The molecule has 1 unspecified atom stereocenters. The van der Waals surface area contributed by atoms with Gasteiger partial charge in [-0.3, -0.25) is 4.79 Å². The molecule has 1 fully saturated rings. The van der Waals surface area contributed by atoms with Crippen molar-refractivity contribution >= 4 is 11.9 Å². The highest BCUT2D eigenvalue weighted by atomic mass is 16.2. The maximum atomic E-state index is 12.5. The number of nitrogens with one attached hydrogen (secondary N) is 2.